The molecule has 17 heavy (non-hydrogen) atoms. The molecule has 0 radical (unpaired) electrons. The van der Waals surface area contributed by atoms with Crippen LogP contribution in [-0.2, 0) is 13.1 Å². The summed E-state index contributed by atoms with van der Waals surface area (Å²) in [6.45, 7) is 5.83. The summed E-state index contributed by atoms with van der Waals surface area (Å²) < 4.78 is 2.05. The summed E-state index contributed by atoms with van der Waals surface area (Å²) in [5, 5.41) is 3.54. The first kappa shape index (κ1) is 12.6. The van der Waals surface area contributed by atoms with Crippen LogP contribution in [0.4, 0.5) is 0 Å². The molecule has 0 atom stereocenters. The topological polar surface area (TPSA) is 55.9 Å². The lowest BCUT2D eigenvalue weighted by Gasteiger charge is -2.41. The van der Waals surface area contributed by atoms with E-state index in [9.17, 15) is 0 Å². The van der Waals surface area contributed by atoms with Gasteiger partial charge in [0.1, 0.15) is 0 Å². The molecule has 96 valence electrons. The van der Waals surface area contributed by atoms with E-state index < -0.39 is 0 Å². The lowest BCUT2D eigenvalue weighted by Crippen LogP contribution is -2.39. The van der Waals surface area contributed by atoms with Gasteiger partial charge in [-0.1, -0.05) is 13.3 Å². The van der Waals surface area contributed by atoms with Gasteiger partial charge >= 0.3 is 0 Å². The number of imidazole rings is 1. The summed E-state index contributed by atoms with van der Waals surface area (Å²) in [7, 11) is 0. The molecular weight excluding hydrogens is 212 g/mol. The van der Waals surface area contributed by atoms with Crippen molar-refractivity contribution in [2.24, 2.45) is 11.1 Å². The second-order valence-electron chi connectivity index (χ2n) is 5.20. The van der Waals surface area contributed by atoms with E-state index in [2.05, 4.69) is 28.0 Å². The lowest BCUT2D eigenvalue weighted by atomic mass is 9.67. The normalized spacial score (nSPS) is 18.0. The van der Waals surface area contributed by atoms with Crippen molar-refractivity contribution in [1.82, 2.24) is 14.9 Å². The molecular formula is C13H24N4. The van der Waals surface area contributed by atoms with E-state index in [4.69, 9.17) is 5.73 Å². The fourth-order valence-corrected chi connectivity index (χ4v) is 2.56. The Morgan fingerprint density at radius 1 is 1.53 bits per heavy atom. The Bertz CT molecular complexity index is 335. The molecule has 0 aliphatic heterocycles. The summed E-state index contributed by atoms with van der Waals surface area (Å²) in [5.74, 6) is 0. The lowest BCUT2D eigenvalue weighted by molar-refractivity contribution is 0.123. The third-order valence-corrected chi connectivity index (χ3v) is 4.04. The Labute approximate surface area is 104 Å². The van der Waals surface area contributed by atoms with Gasteiger partial charge in [-0.15, -0.1) is 0 Å². The monoisotopic (exact) mass is 236 g/mol. The van der Waals surface area contributed by atoms with Crippen LogP contribution in [0.3, 0.4) is 0 Å². The number of hydrogen-bond donors (Lipinski definition) is 2. The second kappa shape index (κ2) is 5.65. The van der Waals surface area contributed by atoms with Crippen molar-refractivity contribution in [2.45, 2.75) is 45.7 Å². The number of nitrogens with zero attached hydrogens (tertiary/aromatic N) is 2. The zero-order valence-corrected chi connectivity index (χ0v) is 10.8. The van der Waals surface area contributed by atoms with Gasteiger partial charge < -0.3 is 15.6 Å². The number of nitrogens with two attached hydrogens (primary N) is 1. The van der Waals surface area contributed by atoms with Gasteiger partial charge in [-0.2, -0.15) is 0 Å². The molecule has 0 amide bonds. The van der Waals surface area contributed by atoms with Crippen LogP contribution in [-0.4, -0.2) is 22.6 Å². The Morgan fingerprint density at radius 2 is 2.35 bits per heavy atom. The number of aromatic nitrogens is 2. The molecule has 2 rings (SSSR count). The molecule has 1 aliphatic carbocycles. The Balaban J connectivity index is 1.73. The molecule has 0 bridgehead atoms. The molecule has 4 heteroatoms. The maximum Gasteiger partial charge on any atom is 0.0950 e. The summed E-state index contributed by atoms with van der Waals surface area (Å²) >= 11 is 0. The molecule has 1 aromatic rings. The van der Waals surface area contributed by atoms with Crippen molar-refractivity contribution < 1.29 is 0 Å². The van der Waals surface area contributed by atoms with Crippen molar-refractivity contribution in [3.63, 3.8) is 0 Å². The highest BCUT2D eigenvalue weighted by atomic mass is 15.1. The average Bonchev–Trinajstić information content (AvgIpc) is 2.71. The van der Waals surface area contributed by atoms with Crippen LogP contribution in [0, 0.1) is 5.41 Å². The fraction of sp³-hybridized carbons (Fsp3) is 0.769. The summed E-state index contributed by atoms with van der Waals surface area (Å²) in [6, 6.07) is 0. The van der Waals surface area contributed by atoms with E-state index in [0.29, 0.717) is 12.0 Å². The van der Waals surface area contributed by atoms with Gasteiger partial charge in [-0.3, -0.25) is 0 Å². The first-order valence-corrected chi connectivity index (χ1v) is 6.69. The van der Waals surface area contributed by atoms with Gasteiger partial charge in [0, 0.05) is 32.4 Å². The van der Waals surface area contributed by atoms with Crippen molar-refractivity contribution in [2.75, 3.05) is 13.1 Å². The third-order valence-electron chi connectivity index (χ3n) is 4.04. The van der Waals surface area contributed by atoms with E-state index in [0.717, 1.165) is 25.3 Å². The Morgan fingerprint density at radius 3 is 2.94 bits per heavy atom. The highest BCUT2D eigenvalue weighted by Crippen LogP contribution is 2.43. The minimum absolute atomic E-state index is 0.583. The molecule has 1 heterocycles. The van der Waals surface area contributed by atoms with Crippen molar-refractivity contribution in [1.29, 1.82) is 0 Å². The molecule has 1 aliphatic rings. The van der Waals surface area contributed by atoms with Gasteiger partial charge in [0.25, 0.3) is 0 Å². The SMILES string of the molecule is CCC1(CNCc2cn(CCN)cn2)CCC1. The minimum atomic E-state index is 0.583. The molecule has 0 unspecified atom stereocenters. The van der Waals surface area contributed by atoms with Gasteiger partial charge in [-0.05, 0) is 24.7 Å². The van der Waals surface area contributed by atoms with Crippen molar-refractivity contribution in [3.05, 3.63) is 18.2 Å². The van der Waals surface area contributed by atoms with Crippen LogP contribution in [0.15, 0.2) is 12.5 Å². The van der Waals surface area contributed by atoms with Crippen LogP contribution in [0.25, 0.3) is 0 Å². The Hall–Kier alpha value is -0.870. The second-order valence-corrected chi connectivity index (χ2v) is 5.20. The molecule has 4 nitrogen and oxygen atoms in total. The standard InChI is InChI=1S/C13H24N4/c1-2-13(4-3-5-13)10-15-8-12-9-17(7-6-14)11-16-12/h9,11,15H,2-8,10,14H2,1H3. The minimum Gasteiger partial charge on any atom is -0.336 e. The fourth-order valence-electron chi connectivity index (χ4n) is 2.56. The van der Waals surface area contributed by atoms with Crippen LogP contribution >= 0.6 is 0 Å². The number of hydrogen-bond acceptors (Lipinski definition) is 3. The number of nitrogens with one attached hydrogen (secondary N) is 1. The summed E-state index contributed by atoms with van der Waals surface area (Å²) in [4.78, 5) is 4.37. The predicted molar refractivity (Wildman–Crippen MR) is 69.6 cm³/mol. The molecule has 0 aromatic carbocycles. The maximum atomic E-state index is 5.51. The van der Waals surface area contributed by atoms with E-state index in [1.54, 1.807) is 0 Å². The van der Waals surface area contributed by atoms with Crippen molar-refractivity contribution >= 4 is 0 Å². The quantitative estimate of drug-likeness (QED) is 0.754. The van der Waals surface area contributed by atoms with Gasteiger partial charge in [0.2, 0.25) is 0 Å². The van der Waals surface area contributed by atoms with Crippen LogP contribution in [0.5, 0.6) is 0 Å². The Kier molecular flexibility index (Phi) is 4.18. The summed E-state index contributed by atoms with van der Waals surface area (Å²) in [6.07, 6.45) is 9.42. The molecule has 1 saturated carbocycles. The molecule has 1 aromatic heterocycles. The highest BCUT2D eigenvalue weighted by molar-refractivity contribution is 4.97. The zero-order valence-electron chi connectivity index (χ0n) is 10.8. The zero-order chi connectivity index (χ0) is 12.1. The van der Waals surface area contributed by atoms with Crippen LogP contribution in [0.2, 0.25) is 0 Å². The van der Waals surface area contributed by atoms with E-state index in [1.807, 2.05) is 6.33 Å². The van der Waals surface area contributed by atoms with E-state index in [-0.39, 0.29) is 0 Å². The molecule has 1 fully saturated rings. The smallest absolute Gasteiger partial charge is 0.0950 e. The molecule has 3 N–H and O–H groups in total. The van der Waals surface area contributed by atoms with E-state index >= 15 is 0 Å². The average molecular weight is 236 g/mol. The largest absolute Gasteiger partial charge is 0.336 e. The summed E-state index contributed by atoms with van der Waals surface area (Å²) in [5.41, 5.74) is 7.20. The van der Waals surface area contributed by atoms with Gasteiger partial charge in [0.05, 0.1) is 12.0 Å². The van der Waals surface area contributed by atoms with Crippen LogP contribution in [0.1, 0.15) is 38.3 Å². The van der Waals surface area contributed by atoms with E-state index in [1.165, 1.54) is 25.7 Å². The maximum absolute atomic E-state index is 5.51. The van der Waals surface area contributed by atoms with Crippen molar-refractivity contribution in [3.8, 4) is 0 Å². The molecule has 0 spiro atoms. The first-order valence-electron chi connectivity index (χ1n) is 6.69. The van der Waals surface area contributed by atoms with Gasteiger partial charge in [0.15, 0.2) is 0 Å². The molecule has 0 saturated heterocycles. The highest BCUT2D eigenvalue weighted by Gasteiger charge is 2.34. The van der Waals surface area contributed by atoms with Gasteiger partial charge in [-0.25, -0.2) is 4.98 Å². The van der Waals surface area contributed by atoms with Crippen LogP contribution < -0.4 is 11.1 Å². The third kappa shape index (κ3) is 3.07. The number of rotatable bonds is 7. The predicted octanol–water partition coefficient (Wildman–Crippen LogP) is 1.51. The first-order chi connectivity index (χ1) is 8.28.